The lowest BCUT2D eigenvalue weighted by molar-refractivity contribution is 0.315. The van der Waals surface area contributed by atoms with Crippen molar-refractivity contribution < 1.29 is 9.13 Å². The van der Waals surface area contributed by atoms with E-state index in [1.807, 2.05) is 19.2 Å². The zero-order chi connectivity index (χ0) is 14.4. The van der Waals surface area contributed by atoms with Gasteiger partial charge in [0.15, 0.2) is 0 Å². The van der Waals surface area contributed by atoms with Gasteiger partial charge < -0.3 is 10.1 Å². The summed E-state index contributed by atoms with van der Waals surface area (Å²) in [6.07, 6.45) is 9.01. The Balaban J connectivity index is 1.96. The monoisotopic (exact) mass is 279 g/mol. The molecule has 0 amide bonds. The van der Waals surface area contributed by atoms with Crippen LogP contribution in [0.3, 0.4) is 0 Å². The summed E-state index contributed by atoms with van der Waals surface area (Å²) in [4.78, 5) is 0. The first-order valence-electron chi connectivity index (χ1n) is 7.75. The first-order valence-corrected chi connectivity index (χ1v) is 7.75. The van der Waals surface area contributed by atoms with Gasteiger partial charge in [-0.3, -0.25) is 0 Å². The smallest absolute Gasteiger partial charge is 0.131 e. The number of hydrogen-bond acceptors (Lipinski definition) is 2. The normalized spacial score (nSPS) is 17.9. The molecule has 0 aliphatic heterocycles. The second kappa shape index (κ2) is 7.63. The van der Waals surface area contributed by atoms with E-state index in [0.717, 1.165) is 17.9 Å². The second-order valence-electron chi connectivity index (χ2n) is 5.81. The lowest BCUT2D eigenvalue weighted by Crippen LogP contribution is -2.19. The van der Waals surface area contributed by atoms with E-state index in [1.165, 1.54) is 44.6 Å². The molecule has 2 rings (SSSR count). The van der Waals surface area contributed by atoms with Crippen molar-refractivity contribution in [1.82, 2.24) is 5.32 Å². The molecule has 1 saturated carbocycles. The van der Waals surface area contributed by atoms with Gasteiger partial charge in [0.2, 0.25) is 0 Å². The molecule has 1 unspecified atom stereocenters. The molecule has 1 aliphatic carbocycles. The number of halogens is 1. The van der Waals surface area contributed by atoms with Gasteiger partial charge in [0.25, 0.3) is 0 Å². The highest BCUT2D eigenvalue weighted by Crippen LogP contribution is 2.31. The number of nitrogens with one attached hydrogen (secondary N) is 1. The quantitative estimate of drug-likeness (QED) is 0.830. The van der Waals surface area contributed by atoms with Crippen LogP contribution in [0.4, 0.5) is 4.39 Å². The minimum Gasteiger partial charge on any atom is -0.497 e. The van der Waals surface area contributed by atoms with E-state index in [9.17, 15) is 4.39 Å². The van der Waals surface area contributed by atoms with E-state index < -0.39 is 0 Å². The van der Waals surface area contributed by atoms with E-state index in [4.69, 9.17) is 4.74 Å². The average molecular weight is 279 g/mol. The van der Waals surface area contributed by atoms with Crippen molar-refractivity contribution in [2.24, 2.45) is 5.92 Å². The molecule has 1 aromatic carbocycles. The second-order valence-corrected chi connectivity index (χ2v) is 5.81. The molecule has 0 aromatic heterocycles. The Morgan fingerprint density at radius 3 is 2.65 bits per heavy atom. The number of rotatable bonds is 6. The highest BCUT2D eigenvalue weighted by atomic mass is 19.1. The van der Waals surface area contributed by atoms with Crippen molar-refractivity contribution in [3.8, 4) is 5.75 Å². The largest absolute Gasteiger partial charge is 0.497 e. The van der Waals surface area contributed by atoms with Crippen molar-refractivity contribution in [1.29, 1.82) is 0 Å². The van der Waals surface area contributed by atoms with Crippen LogP contribution in [-0.4, -0.2) is 14.2 Å². The molecule has 20 heavy (non-hydrogen) atoms. The molecule has 0 spiro atoms. The van der Waals surface area contributed by atoms with Gasteiger partial charge in [-0.05, 0) is 31.9 Å². The van der Waals surface area contributed by atoms with E-state index in [0.29, 0.717) is 5.75 Å². The van der Waals surface area contributed by atoms with Gasteiger partial charge in [0.05, 0.1) is 7.11 Å². The summed E-state index contributed by atoms with van der Waals surface area (Å²) in [5, 5.41) is 3.26. The highest BCUT2D eigenvalue weighted by molar-refractivity contribution is 5.30. The summed E-state index contributed by atoms with van der Waals surface area (Å²) in [5.41, 5.74) is 0.754. The fourth-order valence-corrected chi connectivity index (χ4v) is 3.25. The maximum Gasteiger partial charge on any atom is 0.131 e. The maximum absolute atomic E-state index is 14.1. The van der Waals surface area contributed by atoms with E-state index in [1.54, 1.807) is 7.11 Å². The third-order valence-corrected chi connectivity index (χ3v) is 4.52. The van der Waals surface area contributed by atoms with Gasteiger partial charge in [0.1, 0.15) is 11.6 Å². The van der Waals surface area contributed by atoms with Gasteiger partial charge in [-0.2, -0.15) is 0 Å². The summed E-state index contributed by atoms with van der Waals surface area (Å²) >= 11 is 0. The molecule has 1 atom stereocenters. The van der Waals surface area contributed by atoms with Gasteiger partial charge in [0, 0.05) is 17.7 Å². The van der Waals surface area contributed by atoms with E-state index in [-0.39, 0.29) is 11.9 Å². The Bertz CT molecular complexity index is 415. The Morgan fingerprint density at radius 2 is 2.05 bits per heavy atom. The topological polar surface area (TPSA) is 21.3 Å². The van der Waals surface area contributed by atoms with Crippen LogP contribution < -0.4 is 10.1 Å². The van der Waals surface area contributed by atoms with Gasteiger partial charge >= 0.3 is 0 Å². The van der Waals surface area contributed by atoms with Crippen LogP contribution in [-0.2, 0) is 0 Å². The number of ether oxygens (including phenoxy) is 1. The molecular weight excluding hydrogens is 253 g/mol. The van der Waals surface area contributed by atoms with Crippen LogP contribution >= 0.6 is 0 Å². The molecular formula is C17H26FNO. The zero-order valence-electron chi connectivity index (χ0n) is 12.6. The Labute approximate surface area is 121 Å². The summed E-state index contributed by atoms with van der Waals surface area (Å²) in [6, 6.07) is 5.25. The van der Waals surface area contributed by atoms with Crippen molar-refractivity contribution in [2.45, 2.75) is 51.0 Å². The summed E-state index contributed by atoms with van der Waals surface area (Å²) in [6.45, 7) is 0. The summed E-state index contributed by atoms with van der Waals surface area (Å²) in [5.74, 6) is 1.24. The zero-order valence-corrected chi connectivity index (χ0v) is 12.6. The molecule has 1 aliphatic rings. The molecule has 3 heteroatoms. The van der Waals surface area contributed by atoms with Crippen LogP contribution in [0.2, 0.25) is 0 Å². The summed E-state index contributed by atoms with van der Waals surface area (Å²) < 4.78 is 19.2. The molecule has 0 heterocycles. The van der Waals surface area contributed by atoms with Crippen molar-refractivity contribution in [3.05, 3.63) is 29.6 Å². The number of methoxy groups -OCH3 is 1. The van der Waals surface area contributed by atoms with E-state index in [2.05, 4.69) is 5.32 Å². The van der Waals surface area contributed by atoms with Crippen LogP contribution in [0.25, 0.3) is 0 Å². The van der Waals surface area contributed by atoms with Crippen molar-refractivity contribution >= 4 is 0 Å². The lowest BCUT2D eigenvalue weighted by Gasteiger charge is -2.24. The number of benzene rings is 1. The van der Waals surface area contributed by atoms with Gasteiger partial charge in [-0.15, -0.1) is 0 Å². The fraction of sp³-hybridized carbons (Fsp3) is 0.647. The Hall–Kier alpha value is -1.09. The SMILES string of the molecule is CNC(CCC1CCCCC1)c1ccc(OC)cc1F. The van der Waals surface area contributed by atoms with Crippen LogP contribution in [0.1, 0.15) is 56.6 Å². The predicted molar refractivity (Wildman–Crippen MR) is 80.6 cm³/mol. The molecule has 1 aromatic rings. The predicted octanol–water partition coefficient (Wildman–Crippen LogP) is 4.46. The Morgan fingerprint density at radius 1 is 1.30 bits per heavy atom. The Kier molecular flexibility index (Phi) is 5.84. The fourth-order valence-electron chi connectivity index (χ4n) is 3.25. The minimum atomic E-state index is -0.174. The van der Waals surface area contributed by atoms with Crippen molar-refractivity contribution in [3.63, 3.8) is 0 Å². The van der Waals surface area contributed by atoms with Crippen LogP contribution in [0.15, 0.2) is 18.2 Å². The molecule has 0 bridgehead atoms. The summed E-state index contributed by atoms with van der Waals surface area (Å²) in [7, 11) is 3.47. The highest BCUT2D eigenvalue weighted by Gasteiger charge is 2.18. The molecule has 112 valence electrons. The molecule has 1 fully saturated rings. The van der Waals surface area contributed by atoms with Crippen LogP contribution in [0.5, 0.6) is 5.75 Å². The lowest BCUT2D eigenvalue weighted by atomic mass is 9.84. The third-order valence-electron chi connectivity index (χ3n) is 4.52. The van der Waals surface area contributed by atoms with Gasteiger partial charge in [-0.1, -0.05) is 38.2 Å². The molecule has 2 nitrogen and oxygen atoms in total. The third kappa shape index (κ3) is 3.95. The number of hydrogen-bond donors (Lipinski definition) is 1. The van der Waals surface area contributed by atoms with Crippen molar-refractivity contribution in [2.75, 3.05) is 14.2 Å². The first-order chi connectivity index (χ1) is 9.74. The molecule has 1 N–H and O–H groups in total. The molecule has 0 saturated heterocycles. The molecule has 0 radical (unpaired) electrons. The maximum atomic E-state index is 14.1. The average Bonchev–Trinajstić information content (AvgIpc) is 2.50. The minimum absolute atomic E-state index is 0.0998. The van der Waals surface area contributed by atoms with Gasteiger partial charge in [-0.25, -0.2) is 4.39 Å². The standard InChI is InChI=1S/C17H26FNO/c1-19-17(11-8-13-6-4-3-5-7-13)15-10-9-14(20-2)12-16(15)18/h9-10,12-13,17,19H,3-8,11H2,1-2H3. The van der Waals surface area contributed by atoms with E-state index >= 15 is 0 Å². The van der Waals surface area contributed by atoms with Crippen LogP contribution in [0, 0.1) is 11.7 Å². The first kappa shape index (κ1) is 15.3.